The van der Waals surface area contributed by atoms with Crippen molar-refractivity contribution in [2.75, 3.05) is 18.0 Å². The average Bonchev–Trinajstić information content (AvgIpc) is 2.56. The molecule has 0 aromatic carbocycles. The molecule has 0 N–H and O–H groups in total. The summed E-state index contributed by atoms with van der Waals surface area (Å²) in [7, 11) is -4.27. The van der Waals surface area contributed by atoms with Gasteiger partial charge in [-0.3, -0.25) is 9.36 Å². The first-order valence-corrected chi connectivity index (χ1v) is 9.25. The minimum Gasteiger partial charge on any atom is -0.363 e. The Kier molecular flexibility index (Phi) is 4.91. The highest BCUT2D eigenvalue weighted by Crippen LogP contribution is 2.30. The molecule has 2 aromatic rings. The topological polar surface area (TPSA) is 90.7 Å². The summed E-state index contributed by atoms with van der Waals surface area (Å²) >= 11 is 0. The highest BCUT2D eigenvalue weighted by molar-refractivity contribution is 7.87. The number of anilines is 1. The third-order valence-electron chi connectivity index (χ3n) is 4.06. The number of nitrogens with zero attached hydrogens (tertiary/aromatic N) is 3. The number of morpholine rings is 1. The van der Waals surface area contributed by atoms with Crippen LogP contribution in [0.3, 0.4) is 0 Å². The number of hydrogen-bond acceptors (Lipinski definition) is 7. The van der Waals surface area contributed by atoms with Crippen LogP contribution in [-0.2, 0) is 26.1 Å². The number of rotatable bonds is 3. The summed E-state index contributed by atoms with van der Waals surface area (Å²) in [6.45, 7) is 1.48. The van der Waals surface area contributed by atoms with Crippen LogP contribution in [0.4, 0.5) is 18.9 Å². The van der Waals surface area contributed by atoms with Crippen molar-refractivity contribution in [1.29, 1.82) is 0 Å². The Morgan fingerprint density at radius 3 is 2.70 bits per heavy atom. The zero-order valence-corrected chi connectivity index (χ0v) is 15.1. The highest BCUT2D eigenvalue weighted by atomic mass is 32.2. The summed E-state index contributed by atoms with van der Waals surface area (Å²) in [6, 6.07) is 4.68. The molecular weight excluding hydrogens is 391 g/mol. The van der Waals surface area contributed by atoms with Gasteiger partial charge in [0.1, 0.15) is 5.65 Å². The quantitative estimate of drug-likeness (QED) is 0.560. The Bertz CT molecular complexity index is 1020. The smallest absolute Gasteiger partial charge is 0.363 e. The van der Waals surface area contributed by atoms with E-state index in [1.54, 1.807) is 31.0 Å². The Morgan fingerprint density at radius 2 is 2.04 bits per heavy atom. The van der Waals surface area contributed by atoms with Crippen LogP contribution in [0.15, 0.2) is 29.2 Å². The van der Waals surface area contributed by atoms with Crippen molar-refractivity contribution in [3.8, 4) is 0 Å². The van der Waals surface area contributed by atoms with E-state index in [-0.39, 0.29) is 18.6 Å². The van der Waals surface area contributed by atoms with Gasteiger partial charge in [-0.2, -0.15) is 21.6 Å². The second kappa shape index (κ2) is 6.77. The van der Waals surface area contributed by atoms with Gasteiger partial charge in [-0.05, 0) is 19.1 Å². The number of pyridine rings is 2. The first-order chi connectivity index (χ1) is 12.5. The van der Waals surface area contributed by atoms with Crippen molar-refractivity contribution in [3.63, 3.8) is 0 Å². The van der Waals surface area contributed by atoms with Gasteiger partial charge < -0.3 is 9.64 Å². The van der Waals surface area contributed by atoms with Gasteiger partial charge in [0.15, 0.2) is 6.29 Å². The lowest BCUT2D eigenvalue weighted by atomic mass is 10.2. The molecule has 12 heteroatoms. The lowest BCUT2D eigenvalue weighted by Crippen LogP contribution is -2.49. The van der Waals surface area contributed by atoms with Crippen LogP contribution in [0.2, 0.25) is 0 Å². The van der Waals surface area contributed by atoms with Crippen molar-refractivity contribution in [1.82, 2.24) is 9.55 Å². The van der Waals surface area contributed by atoms with E-state index in [4.69, 9.17) is 4.74 Å². The molecule has 3 rings (SSSR count). The van der Waals surface area contributed by atoms with E-state index in [1.807, 2.05) is 0 Å². The fraction of sp³-hybridized carbons (Fsp3) is 0.467. The molecule has 2 atom stereocenters. The molecule has 148 valence electrons. The maximum Gasteiger partial charge on any atom is 0.523 e. The molecule has 1 fully saturated rings. The van der Waals surface area contributed by atoms with E-state index in [0.29, 0.717) is 16.7 Å². The predicted octanol–water partition coefficient (Wildman–Crippen LogP) is 1.35. The molecule has 0 bridgehead atoms. The SMILES string of the molecule is C[C@@H]1CN(c2cc(=O)n(C)c3ncccc23)C[C@@H](OS(=O)(=O)C(F)(F)F)O1. The van der Waals surface area contributed by atoms with Crippen LogP contribution in [0.1, 0.15) is 6.92 Å². The Hall–Kier alpha value is -2.18. The van der Waals surface area contributed by atoms with Crippen molar-refractivity contribution in [2.24, 2.45) is 7.05 Å². The number of aromatic nitrogens is 2. The maximum absolute atomic E-state index is 12.6. The molecule has 0 radical (unpaired) electrons. The molecule has 1 aliphatic rings. The van der Waals surface area contributed by atoms with E-state index in [9.17, 15) is 26.4 Å². The van der Waals surface area contributed by atoms with Crippen LogP contribution in [0.25, 0.3) is 11.0 Å². The van der Waals surface area contributed by atoms with Crippen molar-refractivity contribution >= 4 is 26.8 Å². The third kappa shape index (κ3) is 3.77. The fourth-order valence-corrected chi connectivity index (χ4v) is 3.38. The zero-order valence-electron chi connectivity index (χ0n) is 14.3. The summed E-state index contributed by atoms with van der Waals surface area (Å²) in [5, 5.41) is 0.589. The molecule has 1 saturated heterocycles. The van der Waals surface area contributed by atoms with E-state index >= 15 is 0 Å². The second-order valence-electron chi connectivity index (χ2n) is 6.08. The van der Waals surface area contributed by atoms with Gasteiger partial charge in [0.05, 0.1) is 18.3 Å². The number of ether oxygens (including phenoxy) is 1. The number of halogens is 3. The molecule has 3 heterocycles. The van der Waals surface area contributed by atoms with E-state index in [0.717, 1.165) is 0 Å². The molecule has 8 nitrogen and oxygen atoms in total. The van der Waals surface area contributed by atoms with Crippen LogP contribution >= 0.6 is 0 Å². The number of alkyl halides is 3. The molecule has 0 spiro atoms. The maximum atomic E-state index is 12.6. The van der Waals surface area contributed by atoms with Gasteiger partial charge in [-0.25, -0.2) is 9.17 Å². The zero-order chi connectivity index (χ0) is 20.0. The van der Waals surface area contributed by atoms with Crippen molar-refractivity contribution in [3.05, 3.63) is 34.7 Å². The molecule has 0 saturated carbocycles. The third-order valence-corrected chi connectivity index (χ3v) is 5.10. The standard InChI is InChI=1S/C15H16F3N3O5S/c1-9-7-21(8-13(25-9)26-27(23,24)15(16,17)18)11-6-12(22)20(2)14-10(11)4-3-5-19-14/h3-6,9,13H,7-8H2,1-2H3/t9-,13-/m1/s1. The molecule has 1 aliphatic heterocycles. The summed E-state index contributed by atoms with van der Waals surface area (Å²) < 4.78 is 71.0. The van der Waals surface area contributed by atoms with Crippen LogP contribution in [0.5, 0.6) is 0 Å². The van der Waals surface area contributed by atoms with Gasteiger partial charge >= 0.3 is 15.6 Å². The number of fused-ring (bicyclic) bond motifs is 1. The molecular formula is C15H16F3N3O5S. The normalized spacial score (nSPS) is 21.6. The predicted molar refractivity (Wildman–Crippen MR) is 89.6 cm³/mol. The van der Waals surface area contributed by atoms with E-state index < -0.39 is 28.0 Å². The average molecular weight is 407 g/mol. The van der Waals surface area contributed by atoms with Gasteiger partial charge in [0.25, 0.3) is 5.56 Å². The minimum atomic E-state index is -5.81. The Labute approximate surface area is 152 Å². The minimum absolute atomic E-state index is 0.225. The van der Waals surface area contributed by atoms with Gasteiger partial charge in [0, 0.05) is 31.2 Å². The molecule has 2 aromatic heterocycles. The monoisotopic (exact) mass is 407 g/mol. The molecule has 0 unspecified atom stereocenters. The lowest BCUT2D eigenvalue weighted by molar-refractivity contribution is -0.133. The number of hydrogen-bond donors (Lipinski definition) is 0. The first-order valence-electron chi connectivity index (χ1n) is 7.84. The molecule has 0 amide bonds. The first kappa shape index (κ1) is 19.6. The summed E-state index contributed by atoms with van der Waals surface area (Å²) in [4.78, 5) is 17.9. The largest absolute Gasteiger partial charge is 0.523 e. The molecule has 0 aliphatic carbocycles. The second-order valence-corrected chi connectivity index (χ2v) is 7.64. The van der Waals surface area contributed by atoms with Gasteiger partial charge in [-0.1, -0.05) is 0 Å². The van der Waals surface area contributed by atoms with E-state index in [1.165, 1.54) is 16.8 Å². The van der Waals surface area contributed by atoms with Crippen LogP contribution in [0, 0.1) is 0 Å². The summed E-state index contributed by atoms with van der Waals surface area (Å²) in [6.07, 6.45) is -0.797. The van der Waals surface area contributed by atoms with Gasteiger partial charge in [0.2, 0.25) is 0 Å². The summed E-state index contributed by atoms with van der Waals surface area (Å²) in [5.41, 5.74) is -5.12. The fourth-order valence-electron chi connectivity index (χ4n) is 2.88. The Morgan fingerprint density at radius 1 is 1.33 bits per heavy atom. The van der Waals surface area contributed by atoms with Crippen molar-refractivity contribution < 1.29 is 30.5 Å². The van der Waals surface area contributed by atoms with Crippen molar-refractivity contribution in [2.45, 2.75) is 24.8 Å². The highest BCUT2D eigenvalue weighted by Gasteiger charge is 2.49. The number of aryl methyl sites for hydroxylation is 1. The lowest BCUT2D eigenvalue weighted by Gasteiger charge is -2.37. The molecule has 27 heavy (non-hydrogen) atoms. The van der Waals surface area contributed by atoms with Crippen LogP contribution < -0.4 is 10.5 Å². The van der Waals surface area contributed by atoms with E-state index in [2.05, 4.69) is 9.17 Å². The van der Waals surface area contributed by atoms with Gasteiger partial charge in [-0.15, -0.1) is 0 Å². The van der Waals surface area contributed by atoms with Crippen LogP contribution in [-0.4, -0.2) is 49.0 Å². The Balaban J connectivity index is 1.98. The summed E-state index contributed by atoms with van der Waals surface area (Å²) in [5.74, 6) is 0.